The summed E-state index contributed by atoms with van der Waals surface area (Å²) in [6, 6.07) is 3.95. The SMILES string of the molecule is CCc1cc2oc(=O)n(C)c2cc1C. The van der Waals surface area contributed by atoms with Crippen LogP contribution in [0.2, 0.25) is 0 Å². The molecule has 0 unspecified atom stereocenters. The van der Waals surface area contributed by atoms with Gasteiger partial charge in [-0.3, -0.25) is 4.57 Å². The molecule has 1 heterocycles. The van der Waals surface area contributed by atoms with Gasteiger partial charge in [0.25, 0.3) is 0 Å². The monoisotopic (exact) mass is 191 g/mol. The fourth-order valence-corrected chi connectivity index (χ4v) is 1.70. The number of aryl methyl sites for hydroxylation is 3. The summed E-state index contributed by atoms with van der Waals surface area (Å²) in [5.74, 6) is -0.298. The lowest BCUT2D eigenvalue weighted by Crippen LogP contribution is -2.08. The van der Waals surface area contributed by atoms with E-state index in [1.165, 1.54) is 15.7 Å². The van der Waals surface area contributed by atoms with Crippen LogP contribution in [0, 0.1) is 6.92 Å². The van der Waals surface area contributed by atoms with Crippen molar-refractivity contribution in [2.24, 2.45) is 7.05 Å². The average Bonchev–Trinajstić information content (AvgIpc) is 2.43. The zero-order chi connectivity index (χ0) is 10.3. The molecule has 0 bridgehead atoms. The standard InChI is InChI=1S/C11H13NO2/c1-4-8-6-10-9(5-7(8)2)12(3)11(13)14-10/h5-6H,4H2,1-3H3. The van der Waals surface area contributed by atoms with Crippen molar-refractivity contribution in [3.63, 3.8) is 0 Å². The Kier molecular flexibility index (Phi) is 1.95. The van der Waals surface area contributed by atoms with E-state index in [1.807, 2.05) is 12.1 Å². The van der Waals surface area contributed by atoms with Gasteiger partial charge >= 0.3 is 5.76 Å². The molecule has 0 N–H and O–H groups in total. The van der Waals surface area contributed by atoms with Crippen LogP contribution in [0.4, 0.5) is 0 Å². The summed E-state index contributed by atoms with van der Waals surface area (Å²) in [6.45, 7) is 4.14. The molecule has 0 amide bonds. The number of nitrogens with zero attached hydrogens (tertiary/aromatic N) is 1. The highest BCUT2D eigenvalue weighted by Crippen LogP contribution is 2.18. The molecule has 0 saturated carbocycles. The minimum Gasteiger partial charge on any atom is -0.408 e. The Labute approximate surface area is 82.0 Å². The van der Waals surface area contributed by atoms with E-state index in [1.54, 1.807) is 7.05 Å². The van der Waals surface area contributed by atoms with E-state index in [-0.39, 0.29) is 5.76 Å². The predicted octanol–water partition coefficient (Wildman–Crippen LogP) is 2.00. The normalized spacial score (nSPS) is 11.1. The molecule has 3 nitrogen and oxygen atoms in total. The van der Waals surface area contributed by atoms with Crippen molar-refractivity contribution < 1.29 is 4.42 Å². The first-order valence-corrected chi connectivity index (χ1v) is 4.72. The average molecular weight is 191 g/mol. The highest BCUT2D eigenvalue weighted by Gasteiger charge is 2.07. The smallest absolute Gasteiger partial charge is 0.408 e. The van der Waals surface area contributed by atoms with Gasteiger partial charge < -0.3 is 4.42 Å². The van der Waals surface area contributed by atoms with E-state index in [9.17, 15) is 4.79 Å². The maximum absolute atomic E-state index is 11.2. The molecular weight excluding hydrogens is 178 g/mol. The lowest BCUT2D eigenvalue weighted by molar-refractivity contribution is 0.528. The second kappa shape index (κ2) is 3.01. The van der Waals surface area contributed by atoms with Crippen LogP contribution >= 0.6 is 0 Å². The first-order valence-electron chi connectivity index (χ1n) is 4.72. The van der Waals surface area contributed by atoms with Gasteiger partial charge in [0, 0.05) is 7.05 Å². The molecule has 0 spiro atoms. The van der Waals surface area contributed by atoms with Crippen LogP contribution in [0.1, 0.15) is 18.1 Å². The molecule has 1 aromatic heterocycles. The molecule has 1 aromatic carbocycles. The molecule has 74 valence electrons. The van der Waals surface area contributed by atoms with E-state index >= 15 is 0 Å². The van der Waals surface area contributed by atoms with Crippen LogP contribution in [0.3, 0.4) is 0 Å². The van der Waals surface area contributed by atoms with Gasteiger partial charge in [-0.2, -0.15) is 0 Å². The van der Waals surface area contributed by atoms with Gasteiger partial charge in [0.05, 0.1) is 5.52 Å². The molecule has 0 atom stereocenters. The topological polar surface area (TPSA) is 35.1 Å². The third-order valence-corrected chi connectivity index (χ3v) is 2.63. The van der Waals surface area contributed by atoms with Crippen molar-refractivity contribution in [1.82, 2.24) is 4.57 Å². The molecule has 2 rings (SSSR count). The van der Waals surface area contributed by atoms with E-state index in [0.29, 0.717) is 5.58 Å². The van der Waals surface area contributed by atoms with Crippen molar-refractivity contribution >= 4 is 11.1 Å². The molecular formula is C11H13NO2. The van der Waals surface area contributed by atoms with Gasteiger partial charge in [-0.1, -0.05) is 6.92 Å². The summed E-state index contributed by atoms with van der Waals surface area (Å²) in [5.41, 5.74) is 3.98. The zero-order valence-corrected chi connectivity index (χ0v) is 8.63. The van der Waals surface area contributed by atoms with Crippen molar-refractivity contribution in [1.29, 1.82) is 0 Å². The highest BCUT2D eigenvalue weighted by molar-refractivity contribution is 5.75. The van der Waals surface area contributed by atoms with Crippen LogP contribution in [-0.2, 0) is 13.5 Å². The van der Waals surface area contributed by atoms with Gasteiger partial charge in [0.15, 0.2) is 5.58 Å². The Hall–Kier alpha value is -1.51. The summed E-state index contributed by atoms with van der Waals surface area (Å²) < 4.78 is 6.63. The number of benzene rings is 1. The number of rotatable bonds is 1. The molecule has 0 radical (unpaired) electrons. The summed E-state index contributed by atoms with van der Waals surface area (Å²) >= 11 is 0. The lowest BCUT2D eigenvalue weighted by Gasteiger charge is -2.01. The molecule has 0 fully saturated rings. The third-order valence-electron chi connectivity index (χ3n) is 2.63. The molecule has 0 saturated heterocycles. The van der Waals surface area contributed by atoms with Crippen molar-refractivity contribution in [3.05, 3.63) is 33.8 Å². The Morgan fingerprint density at radius 1 is 1.43 bits per heavy atom. The van der Waals surface area contributed by atoms with Crippen LogP contribution in [-0.4, -0.2) is 4.57 Å². The first kappa shape index (κ1) is 9.06. The van der Waals surface area contributed by atoms with Crippen LogP contribution < -0.4 is 5.76 Å². The van der Waals surface area contributed by atoms with Crippen molar-refractivity contribution in [3.8, 4) is 0 Å². The largest absolute Gasteiger partial charge is 0.419 e. The van der Waals surface area contributed by atoms with Crippen molar-refractivity contribution in [2.75, 3.05) is 0 Å². The van der Waals surface area contributed by atoms with E-state index in [4.69, 9.17) is 4.42 Å². The number of aromatic nitrogens is 1. The van der Waals surface area contributed by atoms with Gasteiger partial charge in [-0.15, -0.1) is 0 Å². The zero-order valence-electron chi connectivity index (χ0n) is 8.63. The van der Waals surface area contributed by atoms with E-state index < -0.39 is 0 Å². The van der Waals surface area contributed by atoms with Gasteiger partial charge in [0.1, 0.15) is 0 Å². The molecule has 3 heteroatoms. The Bertz CT molecular complexity index is 534. The summed E-state index contributed by atoms with van der Waals surface area (Å²) in [7, 11) is 1.72. The molecule has 2 aromatic rings. The van der Waals surface area contributed by atoms with Gasteiger partial charge in [-0.25, -0.2) is 4.79 Å². The maximum atomic E-state index is 11.2. The minimum absolute atomic E-state index is 0.298. The minimum atomic E-state index is -0.298. The van der Waals surface area contributed by atoms with Gasteiger partial charge in [-0.05, 0) is 36.6 Å². The summed E-state index contributed by atoms with van der Waals surface area (Å²) in [6.07, 6.45) is 0.959. The fourth-order valence-electron chi connectivity index (χ4n) is 1.70. The third kappa shape index (κ3) is 1.16. The van der Waals surface area contributed by atoms with Crippen LogP contribution in [0.25, 0.3) is 11.1 Å². The second-order valence-corrected chi connectivity index (χ2v) is 3.53. The summed E-state index contributed by atoms with van der Waals surface area (Å²) in [4.78, 5) is 11.2. The lowest BCUT2D eigenvalue weighted by atomic mass is 10.1. The second-order valence-electron chi connectivity index (χ2n) is 3.53. The quantitative estimate of drug-likeness (QED) is 0.691. The number of fused-ring (bicyclic) bond motifs is 1. The fraction of sp³-hybridized carbons (Fsp3) is 0.364. The Balaban J connectivity index is 2.86. The maximum Gasteiger partial charge on any atom is 0.419 e. The first-order chi connectivity index (χ1) is 6.63. The van der Waals surface area contributed by atoms with Gasteiger partial charge in [0.2, 0.25) is 0 Å². The molecule has 0 aliphatic heterocycles. The van der Waals surface area contributed by atoms with E-state index in [2.05, 4.69) is 13.8 Å². The van der Waals surface area contributed by atoms with Crippen LogP contribution in [0.15, 0.2) is 21.3 Å². The predicted molar refractivity (Wildman–Crippen MR) is 55.6 cm³/mol. The van der Waals surface area contributed by atoms with Crippen LogP contribution in [0.5, 0.6) is 0 Å². The number of oxazole rings is 1. The Morgan fingerprint density at radius 2 is 2.14 bits per heavy atom. The number of hydrogen-bond acceptors (Lipinski definition) is 2. The van der Waals surface area contributed by atoms with Crippen molar-refractivity contribution in [2.45, 2.75) is 20.3 Å². The summed E-state index contributed by atoms with van der Waals surface area (Å²) in [5, 5.41) is 0. The number of hydrogen-bond donors (Lipinski definition) is 0. The highest BCUT2D eigenvalue weighted by atomic mass is 16.4. The Morgan fingerprint density at radius 3 is 2.79 bits per heavy atom. The molecule has 14 heavy (non-hydrogen) atoms. The molecule has 0 aliphatic carbocycles. The van der Waals surface area contributed by atoms with E-state index in [0.717, 1.165) is 11.9 Å². The molecule has 0 aliphatic rings.